The first kappa shape index (κ1) is 13.6. The largest absolute Gasteiger partial charge is 0.324 e. The zero-order valence-electron chi connectivity index (χ0n) is 11.2. The lowest BCUT2D eigenvalue weighted by Crippen LogP contribution is -2.15. The van der Waals surface area contributed by atoms with Crippen LogP contribution < -0.4 is 5.32 Å². The van der Waals surface area contributed by atoms with E-state index in [0.29, 0.717) is 12.3 Å². The quantitative estimate of drug-likeness (QED) is 0.897. The van der Waals surface area contributed by atoms with Crippen molar-refractivity contribution in [2.75, 3.05) is 5.32 Å². The van der Waals surface area contributed by atoms with Crippen LogP contribution in [0.3, 0.4) is 0 Å². The number of halogens is 1. The second-order valence-corrected chi connectivity index (χ2v) is 6.35. The van der Waals surface area contributed by atoms with Crippen molar-refractivity contribution in [2.24, 2.45) is 5.92 Å². The Kier molecular flexibility index (Phi) is 4.01. The highest BCUT2D eigenvalue weighted by atomic mass is 79.9. The van der Waals surface area contributed by atoms with Crippen LogP contribution in [-0.4, -0.2) is 10.9 Å². The molecular weight excluding hydrogens is 316 g/mol. The summed E-state index contributed by atoms with van der Waals surface area (Å²) < 4.78 is 0.944. The van der Waals surface area contributed by atoms with E-state index in [9.17, 15) is 4.79 Å². The maximum absolute atomic E-state index is 12.1. The Morgan fingerprint density at radius 1 is 1.35 bits per heavy atom. The first-order chi connectivity index (χ1) is 9.72. The summed E-state index contributed by atoms with van der Waals surface area (Å²) in [5.74, 6) is 0.668. The lowest BCUT2D eigenvalue weighted by Gasteiger charge is -2.11. The third kappa shape index (κ3) is 3.01. The molecule has 1 saturated carbocycles. The molecule has 104 valence electrons. The highest BCUT2D eigenvalue weighted by Crippen LogP contribution is 2.29. The Labute approximate surface area is 126 Å². The van der Waals surface area contributed by atoms with Crippen molar-refractivity contribution in [1.29, 1.82) is 0 Å². The normalized spacial score (nSPS) is 15.7. The summed E-state index contributed by atoms with van der Waals surface area (Å²) in [5, 5.41) is 4.04. The summed E-state index contributed by atoms with van der Waals surface area (Å²) in [7, 11) is 0. The molecule has 0 radical (unpaired) electrons. The highest BCUT2D eigenvalue weighted by Gasteiger charge is 2.18. The molecule has 0 saturated heterocycles. The fraction of sp³-hybridized carbons (Fsp3) is 0.375. The van der Waals surface area contributed by atoms with Gasteiger partial charge >= 0.3 is 0 Å². The van der Waals surface area contributed by atoms with Crippen molar-refractivity contribution in [1.82, 2.24) is 4.98 Å². The molecular formula is C16H17BrN2O. The van der Waals surface area contributed by atoms with E-state index in [2.05, 4.69) is 26.2 Å². The number of hydrogen-bond donors (Lipinski definition) is 1. The fourth-order valence-electron chi connectivity index (χ4n) is 2.91. The topological polar surface area (TPSA) is 42.0 Å². The lowest BCUT2D eigenvalue weighted by molar-refractivity contribution is -0.117. The standard InChI is InChI=1S/C16H17BrN2O/c17-13-9-12-6-3-7-14(16(12)18-10-13)19-15(20)8-11-4-1-2-5-11/h3,6-7,9-11H,1-2,4-5,8H2,(H,19,20). The van der Waals surface area contributed by atoms with Crippen molar-refractivity contribution in [2.45, 2.75) is 32.1 Å². The van der Waals surface area contributed by atoms with Gasteiger partial charge in [-0.15, -0.1) is 0 Å². The molecule has 1 heterocycles. The summed E-state index contributed by atoms with van der Waals surface area (Å²) in [6.45, 7) is 0. The molecule has 3 rings (SSSR count). The molecule has 1 aromatic heterocycles. The molecule has 0 aliphatic heterocycles. The zero-order valence-corrected chi connectivity index (χ0v) is 12.8. The Balaban J connectivity index is 1.78. The van der Waals surface area contributed by atoms with Gasteiger partial charge < -0.3 is 5.32 Å². The van der Waals surface area contributed by atoms with E-state index in [1.54, 1.807) is 6.20 Å². The molecule has 0 spiro atoms. The number of amides is 1. The minimum absolute atomic E-state index is 0.106. The van der Waals surface area contributed by atoms with Crippen molar-refractivity contribution >= 4 is 38.4 Å². The van der Waals surface area contributed by atoms with Gasteiger partial charge in [-0.2, -0.15) is 0 Å². The van der Waals surface area contributed by atoms with E-state index < -0.39 is 0 Å². The monoisotopic (exact) mass is 332 g/mol. The van der Waals surface area contributed by atoms with Crippen molar-refractivity contribution in [3.63, 3.8) is 0 Å². The summed E-state index contributed by atoms with van der Waals surface area (Å²) in [6.07, 6.45) is 7.30. The van der Waals surface area contributed by atoms with E-state index in [4.69, 9.17) is 0 Å². The first-order valence-electron chi connectivity index (χ1n) is 7.06. The number of rotatable bonds is 3. The maximum Gasteiger partial charge on any atom is 0.224 e. The SMILES string of the molecule is O=C(CC1CCCC1)Nc1cccc2cc(Br)cnc12. The third-order valence-corrected chi connectivity index (χ3v) is 4.33. The average Bonchev–Trinajstić information content (AvgIpc) is 2.91. The minimum atomic E-state index is 0.106. The van der Waals surface area contributed by atoms with Crippen LogP contribution in [0.25, 0.3) is 10.9 Å². The van der Waals surface area contributed by atoms with Crippen LogP contribution in [0.2, 0.25) is 0 Å². The third-order valence-electron chi connectivity index (χ3n) is 3.90. The number of fused-ring (bicyclic) bond motifs is 1. The Morgan fingerprint density at radius 3 is 2.95 bits per heavy atom. The molecule has 0 unspecified atom stereocenters. The van der Waals surface area contributed by atoms with Gasteiger partial charge in [-0.3, -0.25) is 9.78 Å². The molecule has 1 amide bonds. The van der Waals surface area contributed by atoms with Crippen molar-refractivity contribution < 1.29 is 4.79 Å². The molecule has 1 aliphatic rings. The van der Waals surface area contributed by atoms with Crippen LogP contribution in [0, 0.1) is 5.92 Å². The molecule has 1 fully saturated rings. The summed E-state index contributed by atoms with van der Waals surface area (Å²) in [5.41, 5.74) is 1.65. The molecule has 20 heavy (non-hydrogen) atoms. The predicted octanol–water partition coefficient (Wildman–Crippen LogP) is 4.52. The van der Waals surface area contributed by atoms with E-state index in [1.165, 1.54) is 25.7 Å². The number of nitrogens with one attached hydrogen (secondary N) is 1. The zero-order chi connectivity index (χ0) is 13.9. The van der Waals surface area contributed by atoms with Crippen molar-refractivity contribution in [3.8, 4) is 0 Å². The molecule has 0 bridgehead atoms. The molecule has 3 nitrogen and oxygen atoms in total. The van der Waals surface area contributed by atoms with Gasteiger partial charge in [0.15, 0.2) is 0 Å². The summed E-state index contributed by atoms with van der Waals surface area (Å²) >= 11 is 3.42. The molecule has 0 atom stereocenters. The Hall–Kier alpha value is -1.42. The molecule has 1 aromatic carbocycles. The van der Waals surface area contributed by atoms with Crippen LogP contribution >= 0.6 is 15.9 Å². The van der Waals surface area contributed by atoms with Gasteiger partial charge in [0.2, 0.25) is 5.91 Å². The first-order valence-corrected chi connectivity index (χ1v) is 7.86. The van der Waals surface area contributed by atoms with Gasteiger partial charge in [-0.1, -0.05) is 25.0 Å². The predicted molar refractivity (Wildman–Crippen MR) is 84.6 cm³/mol. The second kappa shape index (κ2) is 5.92. The van der Waals surface area contributed by atoms with Crippen LogP contribution in [0.5, 0.6) is 0 Å². The van der Waals surface area contributed by atoms with Gasteiger partial charge in [-0.25, -0.2) is 0 Å². The number of anilines is 1. The highest BCUT2D eigenvalue weighted by molar-refractivity contribution is 9.10. The molecule has 2 aromatic rings. The van der Waals surface area contributed by atoms with Gasteiger partial charge in [0.1, 0.15) is 0 Å². The van der Waals surface area contributed by atoms with Gasteiger partial charge in [0, 0.05) is 22.5 Å². The summed E-state index contributed by atoms with van der Waals surface area (Å²) in [6, 6.07) is 7.87. The maximum atomic E-state index is 12.1. The fourth-order valence-corrected chi connectivity index (χ4v) is 3.26. The number of nitrogens with zero attached hydrogens (tertiary/aromatic N) is 1. The number of carbonyl (C=O) groups is 1. The Bertz CT molecular complexity index is 635. The van der Waals surface area contributed by atoms with E-state index in [-0.39, 0.29) is 5.91 Å². The molecule has 1 aliphatic carbocycles. The number of aromatic nitrogens is 1. The number of benzene rings is 1. The average molecular weight is 333 g/mol. The molecule has 4 heteroatoms. The van der Waals surface area contributed by atoms with Gasteiger partial charge in [0.05, 0.1) is 11.2 Å². The van der Waals surface area contributed by atoms with E-state index in [0.717, 1.165) is 21.1 Å². The smallest absolute Gasteiger partial charge is 0.224 e. The van der Waals surface area contributed by atoms with Crippen molar-refractivity contribution in [3.05, 3.63) is 34.9 Å². The lowest BCUT2D eigenvalue weighted by atomic mass is 10.0. The van der Waals surface area contributed by atoms with Crippen LogP contribution in [0.4, 0.5) is 5.69 Å². The Morgan fingerprint density at radius 2 is 2.15 bits per heavy atom. The number of hydrogen-bond acceptors (Lipinski definition) is 2. The van der Waals surface area contributed by atoms with E-state index in [1.807, 2.05) is 24.3 Å². The number of para-hydroxylation sites is 1. The van der Waals surface area contributed by atoms with Gasteiger partial charge in [-0.05, 0) is 46.8 Å². The number of carbonyl (C=O) groups excluding carboxylic acids is 1. The van der Waals surface area contributed by atoms with Crippen LogP contribution in [-0.2, 0) is 4.79 Å². The van der Waals surface area contributed by atoms with Gasteiger partial charge in [0.25, 0.3) is 0 Å². The van der Waals surface area contributed by atoms with Crippen LogP contribution in [0.15, 0.2) is 34.9 Å². The second-order valence-electron chi connectivity index (χ2n) is 5.43. The van der Waals surface area contributed by atoms with E-state index >= 15 is 0 Å². The number of pyridine rings is 1. The minimum Gasteiger partial charge on any atom is -0.324 e. The summed E-state index contributed by atoms with van der Waals surface area (Å²) in [4.78, 5) is 16.5. The molecule has 1 N–H and O–H groups in total. The van der Waals surface area contributed by atoms with Crippen LogP contribution in [0.1, 0.15) is 32.1 Å².